The van der Waals surface area contributed by atoms with Gasteiger partial charge in [0.2, 0.25) is 0 Å². The van der Waals surface area contributed by atoms with E-state index in [1.165, 1.54) is 24.0 Å². The second kappa shape index (κ2) is 4.85. The fourth-order valence-electron chi connectivity index (χ4n) is 2.24. The van der Waals surface area contributed by atoms with Crippen LogP contribution in [0, 0.1) is 0 Å². The maximum atomic E-state index is 12.8. The van der Waals surface area contributed by atoms with Gasteiger partial charge in [0.1, 0.15) is 5.69 Å². The lowest BCUT2D eigenvalue weighted by molar-refractivity contribution is -0.143. The number of rotatable bonds is 2. The van der Waals surface area contributed by atoms with E-state index in [1.54, 1.807) is 12.1 Å². The summed E-state index contributed by atoms with van der Waals surface area (Å²) >= 11 is 0. The summed E-state index contributed by atoms with van der Waals surface area (Å²) in [7, 11) is -0.505. The van der Waals surface area contributed by atoms with Crippen molar-refractivity contribution in [3.63, 3.8) is 0 Å². The molecule has 0 unspecified atom stereocenters. The van der Waals surface area contributed by atoms with E-state index in [2.05, 4.69) is 10.2 Å². The van der Waals surface area contributed by atoms with Gasteiger partial charge >= 0.3 is 13.3 Å². The zero-order valence-electron chi connectivity index (χ0n) is 11.3. The molecule has 22 heavy (non-hydrogen) atoms. The molecule has 0 aliphatic rings. The van der Waals surface area contributed by atoms with Gasteiger partial charge in [-0.25, -0.2) is 4.68 Å². The van der Waals surface area contributed by atoms with Gasteiger partial charge in [-0.15, -0.1) is 0 Å². The second-order valence-electron chi connectivity index (χ2n) is 4.74. The topological polar surface area (TPSA) is 76.1 Å². The Morgan fingerprint density at radius 2 is 1.91 bits per heavy atom. The van der Waals surface area contributed by atoms with Crippen LogP contribution in [0.4, 0.5) is 13.2 Å². The van der Waals surface area contributed by atoms with Crippen LogP contribution >= 0.6 is 0 Å². The lowest BCUT2D eigenvalue weighted by atomic mass is 9.78. The molecular formula is C12H10BF3N4O2. The largest absolute Gasteiger partial charge is 0.489 e. The van der Waals surface area contributed by atoms with Crippen LogP contribution in [-0.4, -0.2) is 36.7 Å². The van der Waals surface area contributed by atoms with Crippen LogP contribution in [0.2, 0.25) is 0 Å². The lowest BCUT2D eigenvalue weighted by Crippen LogP contribution is -2.30. The highest BCUT2D eigenvalue weighted by molar-refractivity contribution is 6.61. The minimum Gasteiger partial charge on any atom is -0.423 e. The summed E-state index contributed by atoms with van der Waals surface area (Å²) in [5.41, 5.74) is -0.259. The van der Waals surface area contributed by atoms with Crippen LogP contribution in [0.15, 0.2) is 30.5 Å². The first kappa shape index (κ1) is 14.6. The van der Waals surface area contributed by atoms with Crippen molar-refractivity contribution in [3.8, 4) is 5.82 Å². The number of fused-ring (bicyclic) bond motifs is 1. The maximum absolute atomic E-state index is 12.8. The maximum Gasteiger partial charge on any atom is 0.489 e. The average molecular weight is 310 g/mol. The number of benzene rings is 1. The molecule has 0 saturated carbocycles. The number of aromatic nitrogens is 4. The summed E-state index contributed by atoms with van der Waals surface area (Å²) in [6, 6.07) is 5.57. The first-order valence-electron chi connectivity index (χ1n) is 6.23. The summed E-state index contributed by atoms with van der Waals surface area (Å²) < 4.78 is 40.3. The standard InChI is InChI=1S/C12H10BF3N4O2/c1-19-10(12(14,15)16)5-11(18-19)20-6-7-8(13(21)22)3-2-4-9(7)17-20/h2-6,21-22H,1H3. The summed E-state index contributed by atoms with van der Waals surface area (Å²) in [5.74, 6) is -0.00981. The van der Waals surface area contributed by atoms with E-state index in [0.29, 0.717) is 10.9 Å². The zero-order chi connectivity index (χ0) is 16.1. The molecular weight excluding hydrogens is 300 g/mol. The third kappa shape index (κ3) is 2.36. The quantitative estimate of drug-likeness (QED) is 0.674. The summed E-state index contributed by atoms with van der Waals surface area (Å²) in [6.07, 6.45) is -3.11. The molecule has 3 aromatic rings. The molecule has 0 saturated heterocycles. The Hall–Kier alpha value is -2.33. The van der Waals surface area contributed by atoms with Gasteiger partial charge in [0.05, 0.1) is 5.52 Å². The molecule has 10 heteroatoms. The van der Waals surface area contributed by atoms with Gasteiger partial charge in [-0.1, -0.05) is 12.1 Å². The van der Waals surface area contributed by atoms with Crippen molar-refractivity contribution in [2.24, 2.45) is 7.05 Å². The number of hydrogen-bond donors (Lipinski definition) is 2. The van der Waals surface area contributed by atoms with Gasteiger partial charge < -0.3 is 10.0 Å². The predicted molar refractivity (Wildman–Crippen MR) is 72.7 cm³/mol. The highest BCUT2D eigenvalue weighted by Crippen LogP contribution is 2.30. The third-order valence-electron chi connectivity index (χ3n) is 3.25. The Morgan fingerprint density at radius 3 is 2.50 bits per heavy atom. The molecule has 1 aromatic carbocycles. The van der Waals surface area contributed by atoms with Gasteiger partial charge in [0.25, 0.3) is 0 Å². The van der Waals surface area contributed by atoms with Crippen molar-refractivity contribution in [1.82, 2.24) is 19.6 Å². The number of nitrogens with zero attached hydrogens (tertiary/aromatic N) is 4. The molecule has 0 fully saturated rings. The van der Waals surface area contributed by atoms with E-state index in [1.807, 2.05) is 0 Å². The van der Waals surface area contributed by atoms with E-state index in [-0.39, 0.29) is 11.3 Å². The monoisotopic (exact) mass is 310 g/mol. The predicted octanol–water partition coefficient (Wildman–Crippen LogP) is 0.458. The fraction of sp³-hybridized carbons (Fsp3) is 0.167. The molecule has 0 bridgehead atoms. The van der Waals surface area contributed by atoms with E-state index < -0.39 is 19.0 Å². The first-order chi connectivity index (χ1) is 10.3. The van der Waals surface area contributed by atoms with Crippen LogP contribution in [0.1, 0.15) is 5.69 Å². The van der Waals surface area contributed by atoms with Crippen LogP contribution < -0.4 is 5.46 Å². The number of halogens is 3. The van der Waals surface area contributed by atoms with E-state index in [9.17, 15) is 23.2 Å². The van der Waals surface area contributed by atoms with Gasteiger partial charge in [0.15, 0.2) is 5.82 Å². The molecule has 6 nitrogen and oxygen atoms in total. The number of aryl methyl sites for hydroxylation is 1. The Morgan fingerprint density at radius 1 is 1.18 bits per heavy atom. The number of hydrogen-bond acceptors (Lipinski definition) is 4. The van der Waals surface area contributed by atoms with Crippen molar-refractivity contribution < 1.29 is 23.2 Å². The SMILES string of the molecule is Cn1nc(-n2cc3c(B(O)O)cccc3n2)cc1C(F)(F)F. The van der Waals surface area contributed by atoms with Crippen molar-refractivity contribution in [2.45, 2.75) is 6.18 Å². The van der Waals surface area contributed by atoms with E-state index in [0.717, 1.165) is 10.7 Å². The van der Waals surface area contributed by atoms with Gasteiger partial charge in [-0.05, 0) is 11.5 Å². The average Bonchev–Trinajstić information content (AvgIpc) is 3.00. The molecule has 2 heterocycles. The fourth-order valence-corrected chi connectivity index (χ4v) is 2.24. The van der Waals surface area contributed by atoms with Crippen molar-refractivity contribution in [3.05, 3.63) is 36.2 Å². The normalized spacial score (nSPS) is 12.1. The first-order valence-corrected chi connectivity index (χ1v) is 6.23. The molecule has 0 radical (unpaired) electrons. The Kier molecular flexibility index (Phi) is 3.22. The zero-order valence-corrected chi connectivity index (χ0v) is 11.3. The van der Waals surface area contributed by atoms with Crippen molar-refractivity contribution in [1.29, 1.82) is 0 Å². The van der Waals surface area contributed by atoms with Gasteiger partial charge in [-0.2, -0.15) is 23.4 Å². The lowest BCUT2D eigenvalue weighted by Gasteiger charge is -2.04. The summed E-state index contributed by atoms with van der Waals surface area (Å²) in [6.45, 7) is 0. The van der Waals surface area contributed by atoms with Crippen LogP contribution in [0.25, 0.3) is 16.7 Å². The highest BCUT2D eigenvalue weighted by atomic mass is 19.4. The molecule has 114 valence electrons. The molecule has 3 rings (SSSR count). The molecule has 0 aliphatic carbocycles. The molecule has 0 amide bonds. The van der Waals surface area contributed by atoms with Crippen molar-refractivity contribution in [2.75, 3.05) is 0 Å². The minimum atomic E-state index is -4.51. The van der Waals surface area contributed by atoms with Crippen molar-refractivity contribution >= 4 is 23.5 Å². The highest BCUT2D eigenvalue weighted by Gasteiger charge is 2.35. The Bertz CT molecular complexity index is 841. The summed E-state index contributed by atoms with van der Waals surface area (Å²) in [4.78, 5) is 0. The summed E-state index contributed by atoms with van der Waals surface area (Å²) in [5, 5.41) is 26.9. The number of alkyl halides is 3. The second-order valence-corrected chi connectivity index (χ2v) is 4.74. The van der Waals surface area contributed by atoms with Crippen LogP contribution in [-0.2, 0) is 13.2 Å². The van der Waals surface area contributed by atoms with Gasteiger partial charge in [0, 0.05) is 24.7 Å². The van der Waals surface area contributed by atoms with E-state index >= 15 is 0 Å². The molecule has 0 spiro atoms. The van der Waals surface area contributed by atoms with Crippen LogP contribution in [0.3, 0.4) is 0 Å². The third-order valence-corrected chi connectivity index (χ3v) is 3.25. The molecule has 0 aliphatic heterocycles. The Balaban J connectivity index is 2.14. The molecule has 0 atom stereocenters. The van der Waals surface area contributed by atoms with Gasteiger partial charge in [-0.3, -0.25) is 4.68 Å². The van der Waals surface area contributed by atoms with E-state index in [4.69, 9.17) is 0 Å². The minimum absolute atomic E-state index is 0.00981. The molecule has 2 N–H and O–H groups in total. The Labute approximate surface area is 122 Å². The molecule has 2 aromatic heterocycles. The smallest absolute Gasteiger partial charge is 0.423 e. The van der Waals surface area contributed by atoms with Crippen LogP contribution in [0.5, 0.6) is 0 Å².